The molecule has 36 heavy (non-hydrogen) atoms. The monoisotopic (exact) mass is 505 g/mol. The van der Waals surface area contributed by atoms with Gasteiger partial charge in [0, 0.05) is 36.3 Å². The lowest BCUT2D eigenvalue weighted by molar-refractivity contribution is -0.140. The smallest absolute Gasteiger partial charge is 0.432 e. The van der Waals surface area contributed by atoms with Gasteiger partial charge in [-0.3, -0.25) is 4.79 Å². The maximum absolute atomic E-state index is 13.4. The normalized spacial score (nSPS) is 14.1. The summed E-state index contributed by atoms with van der Waals surface area (Å²) in [5.74, 6) is 2.58. The third kappa shape index (κ3) is 6.60. The van der Waals surface area contributed by atoms with Crippen molar-refractivity contribution in [2.75, 3.05) is 25.1 Å². The Kier molecular flexibility index (Phi) is 7.55. The summed E-state index contributed by atoms with van der Waals surface area (Å²) in [4.78, 5) is 18.5. The van der Waals surface area contributed by atoms with Crippen molar-refractivity contribution in [2.24, 2.45) is 5.92 Å². The zero-order chi connectivity index (χ0) is 25.7. The second-order valence-corrected chi connectivity index (χ2v) is 8.08. The number of nitrogens with one attached hydrogen (secondary N) is 2. The molecule has 0 saturated carbocycles. The van der Waals surface area contributed by atoms with Crippen LogP contribution < -0.4 is 10.1 Å². The molecular formula is C25H20F5N3O3. The van der Waals surface area contributed by atoms with Crippen LogP contribution in [0.4, 0.5) is 27.6 Å². The van der Waals surface area contributed by atoms with Gasteiger partial charge in [-0.15, -0.1) is 0 Å². The van der Waals surface area contributed by atoms with E-state index in [4.69, 9.17) is 9.47 Å². The SMILES string of the molecule is O=C(C#Cc1cc(F)cc(F)c1)Nc1cc(-c2ncc(C(F)(F)F)[nH]2)ccc1OCC1CCOCC1. The van der Waals surface area contributed by atoms with E-state index in [-0.39, 0.29) is 34.3 Å². The quantitative estimate of drug-likeness (QED) is 0.371. The molecule has 6 nitrogen and oxygen atoms in total. The van der Waals surface area contributed by atoms with Crippen LogP contribution in [0.15, 0.2) is 42.6 Å². The lowest BCUT2D eigenvalue weighted by Gasteiger charge is -2.23. The van der Waals surface area contributed by atoms with E-state index in [1.54, 1.807) is 0 Å². The molecule has 1 aliphatic heterocycles. The van der Waals surface area contributed by atoms with Gasteiger partial charge in [-0.2, -0.15) is 13.2 Å². The molecule has 0 spiro atoms. The highest BCUT2D eigenvalue weighted by Gasteiger charge is 2.33. The van der Waals surface area contributed by atoms with E-state index >= 15 is 0 Å². The predicted octanol–water partition coefficient (Wildman–Crippen LogP) is 5.17. The summed E-state index contributed by atoms with van der Waals surface area (Å²) in [5.41, 5.74) is -0.646. The highest BCUT2D eigenvalue weighted by Crippen LogP contribution is 2.33. The molecule has 0 aliphatic carbocycles. The van der Waals surface area contributed by atoms with Crippen LogP contribution in [0.2, 0.25) is 0 Å². The molecule has 3 aromatic rings. The van der Waals surface area contributed by atoms with E-state index in [0.717, 1.165) is 25.0 Å². The molecule has 188 valence electrons. The Hall–Kier alpha value is -3.91. The Morgan fingerprint density at radius 3 is 2.53 bits per heavy atom. The fraction of sp³-hybridized carbons (Fsp3) is 0.280. The first kappa shape index (κ1) is 25.2. The van der Waals surface area contributed by atoms with Gasteiger partial charge >= 0.3 is 12.1 Å². The van der Waals surface area contributed by atoms with Crippen molar-refractivity contribution in [1.29, 1.82) is 0 Å². The molecule has 11 heteroatoms. The third-order valence-electron chi connectivity index (χ3n) is 5.38. The second kappa shape index (κ2) is 10.8. The van der Waals surface area contributed by atoms with Gasteiger partial charge in [-0.1, -0.05) is 5.92 Å². The van der Waals surface area contributed by atoms with Gasteiger partial charge in [-0.25, -0.2) is 13.8 Å². The van der Waals surface area contributed by atoms with Gasteiger partial charge in [0.25, 0.3) is 0 Å². The highest BCUT2D eigenvalue weighted by molar-refractivity contribution is 6.05. The van der Waals surface area contributed by atoms with Gasteiger partial charge in [0.05, 0.1) is 18.5 Å². The van der Waals surface area contributed by atoms with E-state index in [0.29, 0.717) is 32.1 Å². The first-order chi connectivity index (χ1) is 17.2. The number of benzene rings is 2. The maximum atomic E-state index is 13.4. The predicted molar refractivity (Wildman–Crippen MR) is 120 cm³/mol. The number of hydrogen-bond donors (Lipinski definition) is 2. The van der Waals surface area contributed by atoms with Crippen LogP contribution in [0.1, 0.15) is 24.1 Å². The number of ether oxygens (including phenoxy) is 2. The summed E-state index contributed by atoms with van der Waals surface area (Å²) in [5, 5.41) is 2.53. The van der Waals surface area contributed by atoms with Gasteiger partial charge in [-0.05, 0) is 49.1 Å². The number of H-pyrrole nitrogens is 1. The van der Waals surface area contributed by atoms with Gasteiger partial charge in [0.15, 0.2) is 0 Å². The average molecular weight is 505 g/mol. The zero-order valence-electron chi connectivity index (χ0n) is 18.7. The fourth-order valence-electron chi connectivity index (χ4n) is 3.54. The molecule has 2 N–H and O–H groups in total. The Morgan fingerprint density at radius 1 is 1.14 bits per heavy atom. The first-order valence-corrected chi connectivity index (χ1v) is 10.9. The molecule has 1 fully saturated rings. The van der Waals surface area contributed by atoms with Crippen molar-refractivity contribution < 1.29 is 36.2 Å². The molecule has 2 aromatic carbocycles. The number of halogens is 5. The second-order valence-electron chi connectivity index (χ2n) is 8.08. The number of hydrogen-bond acceptors (Lipinski definition) is 4. The van der Waals surface area contributed by atoms with E-state index in [1.165, 1.54) is 18.2 Å². The van der Waals surface area contributed by atoms with Gasteiger partial charge < -0.3 is 19.8 Å². The largest absolute Gasteiger partial charge is 0.491 e. The van der Waals surface area contributed by atoms with Crippen LogP contribution in [-0.2, 0) is 15.7 Å². The minimum absolute atomic E-state index is 0.0392. The van der Waals surface area contributed by atoms with Crippen LogP contribution in [-0.4, -0.2) is 35.7 Å². The highest BCUT2D eigenvalue weighted by atomic mass is 19.4. The number of carbonyl (C=O) groups excluding carboxylic acids is 1. The average Bonchev–Trinajstić information content (AvgIpc) is 3.33. The molecule has 1 amide bonds. The summed E-state index contributed by atoms with van der Waals surface area (Å²) in [6.07, 6.45) is -2.31. The lowest BCUT2D eigenvalue weighted by Crippen LogP contribution is -2.22. The molecule has 1 saturated heterocycles. The molecule has 1 aliphatic rings. The molecule has 2 heterocycles. The van der Waals surface area contributed by atoms with Crippen molar-refractivity contribution in [3.63, 3.8) is 0 Å². The van der Waals surface area contributed by atoms with Crippen molar-refractivity contribution in [2.45, 2.75) is 19.0 Å². The van der Waals surface area contributed by atoms with Gasteiger partial charge in [0.1, 0.15) is 28.9 Å². The number of nitrogens with zero attached hydrogens (tertiary/aromatic N) is 1. The van der Waals surface area contributed by atoms with Crippen molar-refractivity contribution in [3.05, 3.63) is 65.5 Å². The van der Waals surface area contributed by atoms with Crippen LogP contribution in [0, 0.1) is 29.4 Å². The van der Waals surface area contributed by atoms with E-state index < -0.39 is 29.4 Å². The fourth-order valence-corrected chi connectivity index (χ4v) is 3.54. The standard InChI is InChI=1S/C25H20F5N3O3/c26-18-9-16(10-19(27)12-18)1-4-23(34)32-20-11-17(24-31-13-22(33-24)25(28,29)30)2-3-21(20)36-14-15-5-7-35-8-6-15/h2-3,9-13,15H,5-8,14H2,(H,31,33)(H,32,34). The molecule has 0 radical (unpaired) electrons. The van der Waals surface area contributed by atoms with E-state index in [2.05, 4.69) is 27.1 Å². The van der Waals surface area contributed by atoms with Crippen molar-refractivity contribution >= 4 is 11.6 Å². The minimum Gasteiger partial charge on any atom is -0.491 e. The minimum atomic E-state index is -4.60. The van der Waals surface area contributed by atoms with Crippen molar-refractivity contribution in [3.8, 4) is 29.0 Å². The molecular weight excluding hydrogens is 485 g/mol. The number of rotatable bonds is 5. The Morgan fingerprint density at radius 2 is 1.86 bits per heavy atom. The van der Waals surface area contributed by atoms with Crippen LogP contribution >= 0.6 is 0 Å². The Balaban J connectivity index is 1.58. The molecule has 1 aromatic heterocycles. The number of carbonyl (C=O) groups is 1. The topological polar surface area (TPSA) is 76.2 Å². The zero-order valence-corrected chi connectivity index (χ0v) is 18.7. The Labute approximate surface area is 202 Å². The van der Waals surface area contributed by atoms with Crippen LogP contribution in [0.25, 0.3) is 11.4 Å². The van der Waals surface area contributed by atoms with Crippen LogP contribution in [0.3, 0.4) is 0 Å². The Bertz CT molecular complexity index is 1280. The molecule has 0 atom stereocenters. The van der Waals surface area contributed by atoms with Gasteiger partial charge in [0.2, 0.25) is 0 Å². The number of alkyl halides is 3. The number of aromatic amines is 1. The summed E-state index contributed by atoms with van der Waals surface area (Å²) in [6, 6.07) is 7.05. The number of anilines is 1. The molecule has 4 rings (SSSR count). The lowest BCUT2D eigenvalue weighted by atomic mass is 10.0. The molecule has 0 bridgehead atoms. The summed E-state index contributed by atoms with van der Waals surface area (Å²) >= 11 is 0. The summed E-state index contributed by atoms with van der Waals surface area (Å²) in [7, 11) is 0. The van der Waals surface area contributed by atoms with E-state index in [9.17, 15) is 26.7 Å². The number of amides is 1. The third-order valence-corrected chi connectivity index (χ3v) is 5.38. The van der Waals surface area contributed by atoms with Crippen LogP contribution in [0.5, 0.6) is 5.75 Å². The molecule has 0 unspecified atom stereocenters. The number of imidazole rings is 1. The summed E-state index contributed by atoms with van der Waals surface area (Å²) in [6.45, 7) is 1.58. The van der Waals surface area contributed by atoms with E-state index in [1.807, 2.05) is 0 Å². The maximum Gasteiger partial charge on any atom is 0.432 e. The first-order valence-electron chi connectivity index (χ1n) is 10.9. The summed E-state index contributed by atoms with van der Waals surface area (Å²) < 4.78 is 76.8. The number of aromatic nitrogens is 2. The van der Waals surface area contributed by atoms with Crippen molar-refractivity contribution in [1.82, 2.24) is 9.97 Å².